The molecule has 1 aromatic carbocycles. The molecule has 1 N–H and O–H groups in total. The van der Waals surface area contributed by atoms with Gasteiger partial charge in [-0.2, -0.15) is 0 Å². The Kier molecular flexibility index (Phi) is 4.38. The van der Waals surface area contributed by atoms with Crippen LogP contribution in [-0.4, -0.2) is 38.5 Å². The van der Waals surface area contributed by atoms with Gasteiger partial charge in [-0.15, -0.1) is 10.2 Å². The number of nitrogens with zero attached hydrogens (tertiary/aromatic N) is 4. The van der Waals surface area contributed by atoms with Gasteiger partial charge >= 0.3 is 0 Å². The number of benzene rings is 1. The van der Waals surface area contributed by atoms with Gasteiger partial charge in [0.2, 0.25) is 0 Å². The molecule has 2 aromatic rings. The van der Waals surface area contributed by atoms with Crippen molar-refractivity contribution < 1.29 is 14.8 Å². The maximum atomic E-state index is 10.8. The highest BCUT2D eigenvalue weighted by Crippen LogP contribution is 2.23. The van der Waals surface area contributed by atoms with Crippen molar-refractivity contribution in [1.82, 2.24) is 14.8 Å². The van der Waals surface area contributed by atoms with Crippen molar-refractivity contribution in [3.05, 3.63) is 40.2 Å². The molecule has 0 saturated heterocycles. The van der Waals surface area contributed by atoms with Gasteiger partial charge < -0.3 is 14.4 Å². The Bertz CT molecular complexity index is 611. The number of aliphatic hydroxyl groups excluding tert-OH is 1. The first-order valence-electron chi connectivity index (χ1n) is 5.94. The number of non-ortho nitro benzene ring substituents is 1. The number of ether oxygens (including phenoxy) is 1. The molecule has 0 aliphatic rings. The highest BCUT2D eigenvalue weighted by Gasteiger charge is 2.15. The van der Waals surface area contributed by atoms with Crippen molar-refractivity contribution in [1.29, 1.82) is 0 Å². The van der Waals surface area contributed by atoms with Crippen LogP contribution in [0.3, 0.4) is 0 Å². The lowest BCUT2D eigenvalue weighted by atomic mass is 10.2. The van der Waals surface area contributed by atoms with E-state index >= 15 is 0 Å². The molecule has 20 heavy (non-hydrogen) atoms. The number of rotatable bonds is 6. The fraction of sp³-hybridized carbons (Fsp3) is 0.333. The summed E-state index contributed by atoms with van der Waals surface area (Å²) >= 11 is 0. The number of methoxy groups -OCH3 is 1. The number of hydrogen-bond donors (Lipinski definition) is 1. The molecule has 8 heteroatoms. The topological polar surface area (TPSA) is 103 Å². The normalized spacial score (nSPS) is 10.7. The Morgan fingerprint density at radius 3 is 2.90 bits per heavy atom. The molecule has 0 unspecified atom stereocenters. The van der Waals surface area contributed by atoms with Crippen LogP contribution in [-0.2, 0) is 17.9 Å². The average molecular weight is 278 g/mol. The third kappa shape index (κ3) is 2.81. The number of hydrogen-bond acceptors (Lipinski definition) is 6. The van der Waals surface area contributed by atoms with Gasteiger partial charge in [0.1, 0.15) is 6.61 Å². The van der Waals surface area contributed by atoms with E-state index in [1.807, 2.05) is 0 Å². The van der Waals surface area contributed by atoms with Gasteiger partial charge in [0.05, 0.1) is 11.5 Å². The fourth-order valence-electron chi connectivity index (χ4n) is 1.84. The molecule has 0 spiro atoms. The molecule has 0 atom stereocenters. The van der Waals surface area contributed by atoms with Crippen LogP contribution in [0.5, 0.6) is 0 Å². The van der Waals surface area contributed by atoms with Gasteiger partial charge in [-0.25, -0.2) is 0 Å². The van der Waals surface area contributed by atoms with Crippen LogP contribution in [0.15, 0.2) is 24.3 Å². The second-order valence-corrected chi connectivity index (χ2v) is 4.05. The standard InChI is InChI=1S/C12H14N4O4/c1-20-6-5-15-11(8-17)13-14-12(15)9-3-2-4-10(7-9)16(18)19/h2-4,7,17H,5-6,8H2,1H3. The Morgan fingerprint density at radius 1 is 1.45 bits per heavy atom. The SMILES string of the molecule is COCCn1c(CO)nnc1-c1cccc([N+](=O)[O-])c1. The van der Waals surface area contributed by atoms with E-state index in [9.17, 15) is 15.2 Å². The molecule has 8 nitrogen and oxygen atoms in total. The van der Waals surface area contributed by atoms with Crippen molar-refractivity contribution in [3.8, 4) is 11.4 Å². The van der Waals surface area contributed by atoms with Crippen molar-refractivity contribution >= 4 is 5.69 Å². The number of aliphatic hydroxyl groups is 1. The Labute approximate surface area is 114 Å². The number of nitro benzene ring substituents is 1. The minimum Gasteiger partial charge on any atom is -0.388 e. The molecule has 0 amide bonds. The largest absolute Gasteiger partial charge is 0.388 e. The minimum atomic E-state index is -0.466. The van der Waals surface area contributed by atoms with Crippen LogP contribution in [0, 0.1) is 10.1 Å². The van der Waals surface area contributed by atoms with Crippen LogP contribution < -0.4 is 0 Å². The smallest absolute Gasteiger partial charge is 0.270 e. The molecule has 1 heterocycles. The summed E-state index contributed by atoms with van der Waals surface area (Å²) in [5.41, 5.74) is 0.553. The summed E-state index contributed by atoms with van der Waals surface area (Å²) in [7, 11) is 1.57. The molecule has 0 saturated carbocycles. The summed E-state index contributed by atoms with van der Waals surface area (Å²) in [5, 5.41) is 27.9. The first kappa shape index (κ1) is 14.1. The Hall–Kier alpha value is -2.32. The van der Waals surface area contributed by atoms with Crippen molar-refractivity contribution in [2.24, 2.45) is 0 Å². The van der Waals surface area contributed by atoms with Gasteiger partial charge in [-0.05, 0) is 0 Å². The van der Waals surface area contributed by atoms with E-state index in [-0.39, 0.29) is 12.3 Å². The quantitative estimate of drug-likeness (QED) is 0.624. The Balaban J connectivity index is 2.43. The summed E-state index contributed by atoms with van der Waals surface area (Å²) in [6, 6.07) is 6.13. The molecule has 0 radical (unpaired) electrons. The predicted molar refractivity (Wildman–Crippen MR) is 69.9 cm³/mol. The molecule has 1 aromatic heterocycles. The molecular weight excluding hydrogens is 264 g/mol. The van der Waals surface area contributed by atoms with Gasteiger partial charge in [0.15, 0.2) is 11.6 Å². The first-order chi connectivity index (χ1) is 9.67. The van der Waals surface area contributed by atoms with Gasteiger partial charge in [0.25, 0.3) is 5.69 Å². The van der Waals surface area contributed by atoms with Crippen LogP contribution >= 0.6 is 0 Å². The highest BCUT2D eigenvalue weighted by molar-refractivity contribution is 5.59. The van der Waals surface area contributed by atoms with E-state index in [2.05, 4.69) is 10.2 Å². The summed E-state index contributed by atoms with van der Waals surface area (Å²) in [5.74, 6) is 0.860. The van der Waals surface area contributed by atoms with Crippen molar-refractivity contribution in [3.63, 3.8) is 0 Å². The Morgan fingerprint density at radius 2 is 2.25 bits per heavy atom. The van der Waals surface area contributed by atoms with Crippen LogP contribution in [0.1, 0.15) is 5.82 Å². The van der Waals surface area contributed by atoms with E-state index in [0.29, 0.717) is 30.4 Å². The average Bonchev–Trinajstić information content (AvgIpc) is 2.88. The lowest BCUT2D eigenvalue weighted by Crippen LogP contribution is -2.10. The van der Waals surface area contributed by atoms with Gasteiger partial charge in [-0.1, -0.05) is 12.1 Å². The fourth-order valence-corrected chi connectivity index (χ4v) is 1.84. The van der Waals surface area contributed by atoms with Gasteiger partial charge in [-0.3, -0.25) is 10.1 Å². The van der Waals surface area contributed by atoms with Crippen molar-refractivity contribution in [2.45, 2.75) is 13.2 Å². The third-order valence-electron chi connectivity index (χ3n) is 2.80. The van der Waals surface area contributed by atoms with E-state index in [1.54, 1.807) is 23.8 Å². The molecule has 106 valence electrons. The zero-order chi connectivity index (χ0) is 14.5. The summed E-state index contributed by atoms with van der Waals surface area (Å²) in [6.45, 7) is 0.621. The lowest BCUT2D eigenvalue weighted by molar-refractivity contribution is -0.384. The second-order valence-electron chi connectivity index (χ2n) is 4.05. The zero-order valence-electron chi connectivity index (χ0n) is 10.9. The third-order valence-corrected chi connectivity index (χ3v) is 2.80. The van der Waals surface area contributed by atoms with E-state index < -0.39 is 4.92 Å². The molecule has 0 aliphatic heterocycles. The zero-order valence-corrected chi connectivity index (χ0v) is 10.9. The predicted octanol–water partition coefficient (Wildman–Crippen LogP) is 0.992. The number of nitro groups is 1. The first-order valence-corrected chi connectivity index (χ1v) is 5.94. The van der Waals surface area contributed by atoms with E-state index in [4.69, 9.17) is 4.74 Å². The van der Waals surface area contributed by atoms with Crippen LogP contribution in [0.2, 0.25) is 0 Å². The maximum Gasteiger partial charge on any atom is 0.270 e. The van der Waals surface area contributed by atoms with Gasteiger partial charge in [0, 0.05) is 31.4 Å². The van der Waals surface area contributed by atoms with Crippen LogP contribution in [0.25, 0.3) is 11.4 Å². The molecular formula is C12H14N4O4. The summed E-state index contributed by atoms with van der Waals surface area (Å²) in [4.78, 5) is 10.3. The summed E-state index contributed by atoms with van der Waals surface area (Å²) < 4.78 is 6.68. The second kappa shape index (κ2) is 6.22. The van der Waals surface area contributed by atoms with Crippen LogP contribution in [0.4, 0.5) is 5.69 Å². The minimum absolute atomic E-state index is 0.0191. The van der Waals surface area contributed by atoms with Crippen molar-refractivity contribution in [2.75, 3.05) is 13.7 Å². The molecule has 0 fully saturated rings. The molecule has 0 bridgehead atoms. The van der Waals surface area contributed by atoms with E-state index in [0.717, 1.165) is 0 Å². The lowest BCUT2D eigenvalue weighted by Gasteiger charge is -2.08. The number of aromatic nitrogens is 3. The van der Waals surface area contributed by atoms with E-state index in [1.165, 1.54) is 12.1 Å². The highest BCUT2D eigenvalue weighted by atomic mass is 16.6. The molecule has 0 aliphatic carbocycles. The summed E-state index contributed by atoms with van der Waals surface area (Å²) in [6.07, 6.45) is 0. The monoisotopic (exact) mass is 278 g/mol. The maximum absolute atomic E-state index is 10.8. The molecule has 2 rings (SSSR count).